The Labute approximate surface area is 163 Å². The smallest absolute Gasteiger partial charge is 0.407 e. The highest BCUT2D eigenvalue weighted by molar-refractivity contribution is 5.74. The first-order valence-corrected chi connectivity index (χ1v) is 9.34. The number of benzene rings is 2. The molecule has 2 aromatic rings. The lowest BCUT2D eigenvalue weighted by Crippen LogP contribution is -2.43. The minimum Gasteiger partial charge on any atom is -0.465 e. The Bertz CT molecular complexity index is 835. The first kappa shape index (κ1) is 19.7. The Hall–Kier alpha value is -3.09. The minimum absolute atomic E-state index is 0.238. The van der Waals surface area contributed by atoms with Crippen molar-refractivity contribution in [3.8, 4) is 0 Å². The van der Waals surface area contributed by atoms with Crippen LogP contribution in [0.25, 0.3) is 0 Å². The molecule has 1 atom stereocenters. The lowest BCUT2D eigenvalue weighted by Gasteiger charge is -2.36. The zero-order chi connectivity index (χ0) is 20.1. The molecule has 4 rings (SSSR count). The first-order chi connectivity index (χ1) is 13.5. The average Bonchev–Trinajstić information content (AvgIpc) is 3.23. The van der Waals surface area contributed by atoms with Gasteiger partial charge in [-0.1, -0.05) is 36.4 Å². The van der Waals surface area contributed by atoms with Crippen LogP contribution in [0.3, 0.4) is 0 Å². The number of hydrogen-bond donors (Lipinski definition) is 2. The number of nitrogens with two attached hydrogens (primary N) is 1. The quantitative estimate of drug-likeness (QED) is 0.786. The third-order valence-electron chi connectivity index (χ3n) is 5.13. The number of nitrogens with zero attached hydrogens (tertiary/aromatic N) is 2. The molecule has 3 N–H and O–H groups in total. The van der Waals surface area contributed by atoms with Gasteiger partial charge in [0, 0.05) is 19.6 Å². The van der Waals surface area contributed by atoms with Gasteiger partial charge >= 0.3 is 12.1 Å². The van der Waals surface area contributed by atoms with Crippen LogP contribution < -0.4 is 5.73 Å². The SMILES string of the molecule is NC(=O)N1CCc2ccccc2[C@@H]1c1ccc(F)cc1.O=C(O)N1CCCC1. The summed E-state index contributed by atoms with van der Waals surface area (Å²) in [6, 6.07) is 13.5. The van der Waals surface area contributed by atoms with Gasteiger partial charge in [-0.3, -0.25) is 0 Å². The highest BCUT2D eigenvalue weighted by atomic mass is 19.1. The Morgan fingerprint density at radius 3 is 2.21 bits per heavy atom. The number of carbonyl (C=O) groups is 2. The molecule has 0 bridgehead atoms. The second kappa shape index (κ2) is 8.73. The van der Waals surface area contributed by atoms with Crippen LogP contribution in [0.15, 0.2) is 48.5 Å². The molecule has 0 saturated carbocycles. The zero-order valence-electron chi connectivity index (χ0n) is 15.6. The summed E-state index contributed by atoms with van der Waals surface area (Å²) in [5.74, 6) is -0.288. The van der Waals surface area contributed by atoms with E-state index in [9.17, 15) is 14.0 Å². The van der Waals surface area contributed by atoms with Gasteiger partial charge in [0.25, 0.3) is 0 Å². The van der Waals surface area contributed by atoms with Crippen LogP contribution in [0, 0.1) is 5.82 Å². The van der Waals surface area contributed by atoms with E-state index in [2.05, 4.69) is 6.07 Å². The summed E-state index contributed by atoms with van der Waals surface area (Å²) in [4.78, 5) is 24.9. The molecule has 6 nitrogen and oxygen atoms in total. The number of urea groups is 1. The fourth-order valence-corrected chi connectivity index (χ4v) is 3.72. The van der Waals surface area contributed by atoms with E-state index >= 15 is 0 Å². The molecule has 2 heterocycles. The van der Waals surface area contributed by atoms with E-state index in [1.54, 1.807) is 17.0 Å². The Morgan fingerprint density at radius 1 is 1.00 bits per heavy atom. The lowest BCUT2D eigenvalue weighted by atomic mass is 9.88. The molecule has 1 fully saturated rings. The number of amides is 3. The van der Waals surface area contributed by atoms with Crippen molar-refractivity contribution in [2.75, 3.05) is 19.6 Å². The molecule has 0 aromatic heterocycles. The predicted molar refractivity (Wildman–Crippen MR) is 104 cm³/mol. The van der Waals surface area contributed by atoms with E-state index in [-0.39, 0.29) is 11.9 Å². The second-order valence-electron chi connectivity index (χ2n) is 6.91. The number of hydrogen-bond acceptors (Lipinski definition) is 2. The Kier molecular flexibility index (Phi) is 6.13. The van der Waals surface area contributed by atoms with Gasteiger partial charge in [0.1, 0.15) is 5.82 Å². The highest BCUT2D eigenvalue weighted by Crippen LogP contribution is 2.34. The van der Waals surface area contributed by atoms with E-state index in [1.807, 2.05) is 18.2 Å². The van der Waals surface area contributed by atoms with E-state index in [4.69, 9.17) is 10.8 Å². The number of carboxylic acid groups (broad SMARTS) is 1. The highest BCUT2D eigenvalue weighted by Gasteiger charge is 2.30. The van der Waals surface area contributed by atoms with Crippen molar-refractivity contribution in [1.82, 2.24) is 9.80 Å². The van der Waals surface area contributed by atoms with E-state index < -0.39 is 12.1 Å². The van der Waals surface area contributed by atoms with Crippen molar-refractivity contribution in [2.24, 2.45) is 5.73 Å². The van der Waals surface area contributed by atoms with E-state index in [1.165, 1.54) is 22.6 Å². The van der Waals surface area contributed by atoms with Crippen LogP contribution >= 0.6 is 0 Å². The molecule has 2 aromatic carbocycles. The fourth-order valence-electron chi connectivity index (χ4n) is 3.72. The van der Waals surface area contributed by atoms with Crippen molar-refractivity contribution in [3.05, 3.63) is 71.0 Å². The van der Waals surface area contributed by atoms with E-state index in [0.717, 1.165) is 43.5 Å². The van der Waals surface area contributed by atoms with Gasteiger partial charge in [0.15, 0.2) is 0 Å². The van der Waals surface area contributed by atoms with Crippen LogP contribution in [0.1, 0.15) is 35.6 Å². The van der Waals surface area contributed by atoms with Gasteiger partial charge in [-0.2, -0.15) is 0 Å². The van der Waals surface area contributed by atoms with Crippen molar-refractivity contribution in [1.29, 1.82) is 0 Å². The second-order valence-corrected chi connectivity index (χ2v) is 6.91. The normalized spacial score (nSPS) is 18.1. The van der Waals surface area contributed by atoms with Crippen LogP contribution in [-0.2, 0) is 6.42 Å². The van der Waals surface area contributed by atoms with Crippen LogP contribution in [-0.4, -0.2) is 46.7 Å². The van der Waals surface area contributed by atoms with Crippen LogP contribution in [0.5, 0.6) is 0 Å². The molecule has 0 unspecified atom stereocenters. The summed E-state index contributed by atoms with van der Waals surface area (Å²) in [5, 5.41) is 8.34. The van der Waals surface area contributed by atoms with Crippen molar-refractivity contribution >= 4 is 12.1 Å². The molecule has 0 spiro atoms. The topological polar surface area (TPSA) is 86.9 Å². The predicted octanol–water partition coefficient (Wildman–Crippen LogP) is 3.61. The summed E-state index contributed by atoms with van der Waals surface area (Å²) >= 11 is 0. The zero-order valence-corrected chi connectivity index (χ0v) is 15.6. The Balaban J connectivity index is 0.000000236. The summed E-state index contributed by atoms with van der Waals surface area (Å²) in [6.45, 7) is 2.04. The maximum Gasteiger partial charge on any atom is 0.407 e. The number of likely N-dealkylation sites (tertiary alicyclic amines) is 1. The third kappa shape index (κ3) is 4.42. The summed E-state index contributed by atoms with van der Waals surface area (Å²) in [5.41, 5.74) is 8.63. The summed E-state index contributed by atoms with van der Waals surface area (Å²) in [6.07, 6.45) is 2.08. The van der Waals surface area contributed by atoms with Gasteiger partial charge in [-0.25, -0.2) is 14.0 Å². The van der Waals surface area contributed by atoms with Gasteiger partial charge in [-0.15, -0.1) is 0 Å². The summed E-state index contributed by atoms with van der Waals surface area (Å²) < 4.78 is 13.1. The molecule has 3 amide bonds. The van der Waals surface area contributed by atoms with Gasteiger partial charge < -0.3 is 20.6 Å². The molecular weight excluding hydrogens is 361 g/mol. The maximum atomic E-state index is 13.1. The number of rotatable bonds is 1. The van der Waals surface area contributed by atoms with E-state index in [0.29, 0.717) is 6.54 Å². The molecule has 0 radical (unpaired) electrons. The molecular formula is C21H24FN3O3. The van der Waals surface area contributed by atoms with Gasteiger partial charge in [-0.05, 0) is 48.1 Å². The Morgan fingerprint density at radius 2 is 1.64 bits per heavy atom. The molecule has 148 valence electrons. The largest absolute Gasteiger partial charge is 0.465 e. The monoisotopic (exact) mass is 385 g/mol. The van der Waals surface area contributed by atoms with Gasteiger partial charge in [0.05, 0.1) is 6.04 Å². The number of fused-ring (bicyclic) bond motifs is 1. The summed E-state index contributed by atoms with van der Waals surface area (Å²) in [7, 11) is 0. The van der Waals surface area contributed by atoms with Crippen molar-refractivity contribution in [2.45, 2.75) is 25.3 Å². The molecule has 1 saturated heterocycles. The third-order valence-corrected chi connectivity index (χ3v) is 5.13. The minimum atomic E-state index is -0.775. The average molecular weight is 385 g/mol. The molecule has 0 aliphatic carbocycles. The molecule has 2 aliphatic heterocycles. The first-order valence-electron chi connectivity index (χ1n) is 9.34. The number of halogens is 1. The maximum absolute atomic E-state index is 13.1. The van der Waals surface area contributed by atoms with Gasteiger partial charge in [0.2, 0.25) is 0 Å². The number of primary amides is 1. The molecule has 28 heavy (non-hydrogen) atoms. The number of carbonyl (C=O) groups excluding carboxylic acids is 1. The fraction of sp³-hybridized carbons (Fsp3) is 0.333. The lowest BCUT2D eigenvalue weighted by molar-refractivity contribution is 0.155. The van der Waals surface area contributed by atoms with Crippen LogP contribution in [0.2, 0.25) is 0 Å². The van der Waals surface area contributed by atoms with Crippen molar-refractivity contribution < 1.29 is 19.1 Å². The molecule has 2 aliphatic rings. The standard InChI is InChI=1S/C16H15FN2O.C5H9NO2/c17-13-7-5-12(6-8-13)15-14-4-2-1-3-11(14)9-10-19(15)16(18)20;7-5(8)6-3-1-2-4-6/h1-8,15H,9-10H2,(H2,18,20);1-4H2,(H,7,8)/t15-;/m0./s1. The van der Waals surface area contributed by atoms with Crippen molar-refractivity contribution in [3.63, 3.8) is 0 Å². The van der Waals surface area contributed by atoms with Crippen LogP contribution in [0.4, 0.5) is 14.0 Å². The molecule has 7 heteroatoms.